The number of halogens is 1. The van der Waals surface area contributed by atoms with Gasteiger partial charge in [-0.3, -0.25) is 9.69 Å². The van der Waals surface area contributed by atoms with E-state index in [0.717, 1.165) is 17.5 Å². The highest BCUT2D eigenvalue weighted by molar-refractivity contribution is 5.84. The van der Waals surface area contributed by atoms with Crippen molar-refractivity contribution in [1.82, 2.24) is 9.80 Å². The number of nitrogens with zero attached hydrogens (tertiary/aromatic N) is 2. The third-order valence-corrected chi connectivity index (χ3v) is 6.68. The second kappa shape index (κ2) is 10.0. The number of benzene rings is 2. The number of piperidine rings is 1. The first kappa shape index (κ1) is 23.4. The molecule has 1 unspecified atom stereocenters. The van der Waals surface area contributed by atoms with Crippen molar-refractivity contribution in [2.24, 2.45) is 5.73 Å². The van der Waals surface area contributed by atoms with E-state index in [0.29, 0.717) is 31.8 Å². The van der Waals surface area contributed by atoms with Crippen LogP contribution in [0.1, 0.15) is 42.4 Å². The van der Waals surface area contributed by atoms with Gasteiger partial charge in [-0.25, -0.2) is 9.18 Å². The van der Waals surface area contributed by atoms with Crippen LogP contribution in [0.5, 0.6) is 5.75 Å². The number of hydrogen-bond donors (Lipinski definition) is 1. The Kier molecular flexibility index (Phi) is 7.10. The lowest BCUT2D eigenvalue weighted by atomic mass is 9.87. The van der Waals surface area contributed by atoms with Gasteiger partial charge in [0, 0.05) is 25.6 Å². The molecule has 0 bridgehead atoms. The number of likely N-dealkylation sites (tertiary alicyclic amines) is 2. The number of esters is 1. The van der Waals surface area contributed by atoms with Crippen LogP contribution in [-0.2, 0) is 16.1 Å². The van der Waals surface area contributed by atoms with E-state index in [1.165, 1.54) is 5.56 Å². The number of aryl methyl sites for hydroxylation is 1. The summed E-state index contributed by atoms with van der Waals surface area (Å²) in [6, 6.07) is 14.3. The van der Waals surface area contributed by atoms with E-state index in [4.69, 9.17) is 10.5 Å². The number of amides is 1. The van der Waals surface area contributed by atoms with Crippen molar-refractivity contribution < 1.29 is 18.7 Å². The Bertz CT molecular complexity index is 977. The van der Waals surface area contributed by atoms with Gasteiger partial charge in [0.05, 0.1) is 6.04 Å². The highest BCUT2D eigenvalue weighted by Gasteiger charge is 2.40. The van der Waals surface area contributed by atoms with Gasteiger partial charge < -0.3 is 15.4 Å². The standard InChI is InChI=1S/C26H32FN3O3/c1-17-3-5-19(6-4-17)15-30-14-12-24(25(30)31)29-13-11-22(23(27)16-29)20-7-9-21(10-8-20)33-26(32)18(2)28/h3-10,18,22-24H,11-16,28H2,1-2H3/t18?,22-,23+,24+/m0/s1. The monoisotopic (exact) mass is 453 g/mol. The third kappa shape index (κ3) is 5.42. The van der Waals surface area contributed by atoms with Crippen LogP contribution < -0.4 is 10.5 Å². The molecule has 2 aliphatic rings. The summed E-state index contributed by atoms with van der Waals surface area (Å²) in [5, 5.41) is 0. The van der Waals surface area contributed by atoms with Gasteiger partial charge in [0.15, 0.2) is 0 Å². The molecular weight excluding hydrogens is 421 g/mol. The maximum Gasteiger partial charge on any atom is 0.328 e. The summed E-state index contributed by atoms with van der Waals surface area (Å²) in [7, 11) is 0. The van der Waals surface area contributed by atoms with Gasteiger partial charge in [0.1, 0.15) is 18.0 Å². The number of nitrogens with two attached hydrogens (primary N) is 1. The second-order valence-electron chi connectivity index (χ2n) is 9.23. The minimum absolute atomic E-state index is 0.0986. The van der Waals surface area contributed by atoms with E-state index >= 15 is 4.39 Å². The minimum atomic E-state index is -1.06. The van der Waals surface area contributed by atoms with Gasteiger partial charge in [-0.1, -0.05) is 42.0 Å². The van der Waals surface area contributed by atoms with Crippen LogP contribution in [0.3, 0.4) is 0 Å². The Labute approximate surface area is 194 Å². The first-order valence-electron chi connectivity index (χ1n) is 11.6. The van der Waals surface area contributed by atoms with Crippen molar-refractivity contribution in [1.29, 1.82) is 0 Å². The van der Waals surface area contributed by atoms with Crippen LogP contribution in [0.4, 0.5) is 4.39 Å². The summed E-state index contributed by atoms with van der Waals surface area (Å²) in [4.78, 5) is 28.6. The molecule has 4 rings (SSSR count). The molecule has 0 radical (unpaired) electrons. The highest BCUT2D eigenvalue weighted by Crippen LogP contribution is 2.34. The molecule has 176 valence electrons. The Balaban J connectivity index is 1.33. The molecule has 2 aliphatic heterocycles. The molecule has 0 saturated carbocycles. The van der Waals surface area contributed by atoms with Gasteiger partial charge in [-0.2, -0.15) is 0 Å². The zero-order chi connectivity index (χ0) is 23.5. The van der Waals surface area contributed by atoms with Crippen molar-refractivity contribution in [3.8, 4) is 5.75 Å². The van der Waals surface area contributed by atoms with Crippen molar-refractivity contribution >= 4 is 11.9 Å². The lowest BCUT2D eigenvalue weighted by Crippen LogP contribution is -2.49. The van der Waals surface area contributed by atoms with Crippen molar-refractivity contribution in [2.45, 2.75) is 57.4 Å². The molecule has 2 aromatic carbocycles. The molecule has 1 amide bonds. The quantitative estimate of drug-likeness (QED) is 0.537. The molecule has 0 aliphatic carbocycles. The number of carbonyl (C=O) groups excluding carboxylic acids is 2. The smallest absolute Gasteiger partial charge is 0.328 e. The van der Waals surface area contributed by atoms with E-state index in [-0.39, 0.29) is 24.4 Å². The molecule has 2 aromatic rings. The van der Waals surface area contributed by atoms with Crippen LogP contribution in [0.2, 0.25) is 0 Å². The molecule has 33 heavy (non-hydrogen) atoms. The average molecular weight is 454 g/mol. The Morgan fingerprint density at radius 3 is 2.45 bits per heavy atom. The summed E-state index contributed by atoms with van der Waals surface area (Å²) in [6.07, 6.45) is 0.319. The van der Waals surface area contributed by atoms with Crippen molar-refractivity contribution in [3.05, 3.63) is 65.2 Å². The first-order chi connectivity index (χ1) is 15.8. The van der Waals surface area contributed by atoms with Crippen molar-refractivity contribution in [3.63, 3.8) is 0 Å². The van der Waals surface area contributed by atoms with Crippen LogP contribution in [0.15, 0.2) is 48.5 Å². The Morgan fingerprint density at radius 2 is 1.82 bits per heavy atom. The largest absolute Gasteiger partial charge is 0.425 e. The topological polar surface area (TPSA) is 75.9 Å². The van der Waals surface area contributed by atoms with E-state index in [2.05, 4.69) is 24.3 Å². The van der Waals surface area contributed by atoms with Crippen LogP contribution >= 0.6 is 0 Å². The normalized spacial score (nSPS) is 24.7. The van der Waals surface area contributed by atoms with Crippen LogP contribution in [0, 0.1) is 6.92 Å². The van der Waals surface area contributed by atoms with Crippen LogP contribution in [0.25, 0.3) is 0 Å². The van der Waals surface area contributed by atoms with Gasteiger partial charge in [-0.15, -0.1) is 0 Å². The van der Waals surface area contributed by atoms with Gasteiger partial charge in [0.25, 0.3) is 0 Å². The average Bonchev–Trinajstić information content (AvgIpc) is 3.16. The lowest BCUT2D eigenvalue weighted by Gasteiger charge is -2.37. The minimum Gasteiger partial charge on any atom is -0.425 e. The fourth-order valence-corrected chi connectivity index (χ4v) is 4.71. The summed E-state index contributed by atoms with van der Waals surface area (Å²) in [5.74, 6) is -0.239. The maximum absolute atomic E-state index is 15.2. The molecule has 2 saturated heterocycles. The molecule has 4 atom stereocenters. The maximum atomic E-state index is 15.2. The molecule has 2 N–H and O–H groups in total. The number of rotatable bonds is 6. The molecule has 6 nitrogen and oxygen atoms in total. The second-order valence-corrected chi connectivity index (χ2v) is 9.23. The third-order valence-electron chi connectivity index (χ3n) is 6.68. The molecular formula is C26H32FN3O3. The Hall–Kier alpha value is -2.77. The summed E-state index contributed by atoms with van der Waals surface area (Å²) in [5.41, 5.74) is 8.71. The molecule has 7 heteroatoms. The Morgan fingerprint density at radius 1 is 1.12 bits per heavy atom. The predicted molar refractivity (Wildman–Crippen MR) is 125 cm³/mol. The van der Waals surface area contributed by atoms with E-state index in [1.54, 1.807) is 31.2 Å². The molecule has 0 aromatic heterocycles. The fraction of sp³-hybridized carbons (Fsp3) is 0.462. The van der Waals surface area contributed by atoms with Crippen molar-refractivity contribution in [2.75, 3.05) is 19.6 Å². The zero-order valence-corrected chi connectivity index (χ0v) is 19.2. The van der Waals surface area contributed by atoms with Gasteiger partial charge in [-0.05, 0) is 56.5 Å². The molecule has 2 fully saturated rings. The SMILES string of the molecule is Cc1ccc(CN2CC[C@@H](N3CC[C@@H](c4ccc(OC(=O)C(C)N)cc4)[C@H](F)C3)C2=O)cc1. The van der Waals surface area contributed by atoms with E-state index < -0.39 is 18.2 Å². The summed E-state index contributed by atoms with van der Waals surface area (Å²) in [6.45, 7) is 5.85. The lowest BCUT2D eigenvalue weighted by molar-refractivity contribution is -0.135. The molecule has 0 spiro atoms. The highest BCUT2D eigenvalue weighted by atomic mass is 19.1. The fourth-order valence-electron chi connectivity index (χ4n) is 4.71. The summed E-state index contributed by atoms with van der Waals surface area (Å²) >= 11 is 0. The summed E-state index contributed by atoms with van der Waals surface area (Å²) < 4.78 is 20.4. The number of ether oxygens (including phenoxy) is 1. The van der Waals surface area contributed by atoms with E-state index in [1.807, 2.05) is 16.7 Å². The van der Waals surface area contributed by atoms with Crippen LogP contribution in [-0.4, -0.2) is 59.6 Å². The zero-order valence-electron chi connectivity index (χ0n) is 19.2. The first-order valence-corrected chi connectivity index (χ1v) is 11.6. The van der Waals surface area contributed by atoms with Gasteiger partial charge in [0.2, 0.25) is 5.91 Å². The number of alkyl halides is 1. The predicted octanol–water partition coefficient (Wildman–Crippen LogP) is 3.18. The van der Waals surface area contributed by atoms with Gasteiger partial charge >= 0.3 is 5.97 Å². The number of hydrogen-bond acceptors (Lipinski definition) is 5. The molecule has 2 heterocycles. The number of carbonyl (C=O) groups is 2. The van der Waals surface area contributed by atoms with E-state index in [9.17, 15) is 9.59 Å².